The first-order valence-corrected chi connectivity index (χ1v) is 11.1. The monoisotopic (exact) mass is 435 g/mol. The van der Waals surface area contributed by atoms with E-state index in [4.69, 9.17) is 4.74 Å². The normalized spacial score (nSPS) is 23.5. The van der Waals surface area contributed by atoms with Gasteiger partial charge in [0.15, 0.2) is 6.61 Å². The molecular formula is C23H34ClN3O3. The number of hydrogen-bond donors (Lipinski definition) is 1. The van der Waals surface area contributed by atoms with Gasteiger partial charge in [-0.2, -0.15) is 0 Å². The number of aryl methyl sites for hydroxylation is 2. The average molecular weight is 436 g/mol. The van der Waals surface area contributed by atoms with E-state index >= 15 is 0 Å². The summed E-state index contributed by atoms with van der Waals surface area (Å²) in [6.07, 6.45) is 6.77. The van der Waals surface area contributed by atoms with Crippen LogP contribution in [0, 0.1) is 13.8 Å². The van der Waals surface area contributed by atoms with Crippen LogP contribution in [0.1, 0.15) is 60.0 Å². The quantitative estimate of drug-likeness (QED) is 0.789. The molecule has 3 heterocycles. The predicted octanol–water partition coefficient (Wildman–Crippen LogP) is 3.08. The van der Waals surface area contributed by atoms with E-state index in [1.807, 2.05) is 35.8 Å². The summed E-state index contributed by atoms with van der Waals surface area (Å²) in [7, 11) is 0. The molecule has 3 saturated heterocycles. The SMILES string of the molecule is Cc1cc(C(=O)N2CCC3CCC(C2)N3)cc(C)c1OCC(=O)N1CCCCC1.Cl. The summed E-state index contributed by atoms with van der Waals surface area (Å²) >= 11 is 0. The van der Waals surface area contributed by atoms with Gasteiger partial charge in [0.1, 0.15) is 5.75 Å². The zero-order chi connectivity index (χ0) is 20.4. The highest BCUT2D eigenvalue weighted by Crippen LogP contribution is 2.27. The molecule has 0 aromatic heterocycles. The molecule has 30 heavy (non-hydrogen) atoms. The maximum Gasteiger partial charge on any atom is 0.260 e. The van der Waals surface area contributed by atoms with Crippen LogP contribution in [-0.2, 0) is 4.79 Å². The van der Waals surface area contributed by atoms with Gasteiger partial charge in [-0.05, 0) is 75.6 Å². The molecule has 3 aliphatic rings. The number of carbonyl (C=O) groups excluding carboxylic acids is 2. The minimum atomic E-state index is 0. The fraction of sp³-hybridized carbons (Fsp3) is 0.652. The van der Waals surface area contributed by atoms with Gasteiger partial charge in [0, 0.05) is 43.8 Å². The van der Waals surface area contributed by atoms with Crippen molar-refractivity contribution in [2.75, 3.05) is 32.8 Å². The summed E-state index contributed by atoms with van der Waals surface area (Å²) in [5.41, 5.74) is 2.54. The van der Waals surface area contributed by atoms with E-state index in [0.29, 0.717) is 17.6 Å². The molecule has 166 valence electrons. The Bertz CT molecular complexity index is 756. The molecule has 7 heteroatoms. The van der Waals surface area contributed by atoms with Crippen molar-refractivity contribution in [3.63, 3.8) is 0 Å². The zero-order valence-electron chi connectivity index (χ0n) is 18.1. The summed E-state index contributed by atoms with van der Waals surface area (Å²) in [4.78, 5) is 29.4. The van der Waals surface area contributed by atoms with Gasteiger partial charge in [-0.3, -0.25) is 9.59 Å². The zero-order valence-corrected chi connectivity index (χ0v) is 18.9. The van der Waals surface area contributed by atoms with Crippen molar-refractivity contribution in [3.05, 3.63) is 28.8 Å². The Morgan fingerprint density at radius 1 is 0.967 bits per heavy atom. The second kappa shape index (κ2) is 10.0. The van der Waals surface area contributed by atoms with E-state index in [0.717, 1.165) is 68.7 Å². The summed E-state index contributed by atoms with van der Waals surface area (Å²) < 4.78 is 5.90. The van der Waals surface area contributed by atoms with Crippen molar-refractivity contribution in [1.82, 2.24) is 15.1 Å². The van der Waals surface area contributed by atoms with Gasteiger partial charge in [-0.25, -0.2) is 0 Å². The van der Waals surface area contributed by atoms with Crippen molar-refractivity contribution < 1.29 is 14.3 Å². The number of nitrogens with zero attached hydrogens (tertiary/aromatic N) is 2. The Kier molecular flexibility index (Phi) is 7.64. The van der Waals surface area contributed by atoms with Crippen LogP contribution in [0.25, 0.3) is 0 Å². The van der Waals surface area contributed by atoms with Gasteiger partial charge in [0.05, 0.1) is 0 Å². The van der Waals surface area contributed by atoms with Gasteiger partial charge in [-0.15, -0.1) is 12.4 Å². The standard InChI is InChI=1S/C23H33N3O3.ClH/c1-16-12-18(23(28)26-11-8-19-6-7-20(14-26)24-19)13-17(2)22(16)29-15-21(27)25-9-4-3-5-10-25;/h12-13,19-20,24H,3-11,14-15H2,1-2H3;1H. The van der Waals surface area contributed by atoms with Crippen LogP contribution in [0.5, 0.6) is 5.75 Å². The number of piperidine rings is 1. The summed E-state index contributed by atoms with van der Waals surface area (Å²) in [5, 5.41) is 3.63. The van der Waals surface area contributed by atoms with Crippen LogP contribution < -0.4 is 10.1 Å². The maximum absolute atomic E-state index is 13.1. The van der Waals surface area contributed by atoms with Crippen LogP contribution in [-0.4, -0.2) is 66.5 Å². The van der Waals surface area contributed by atoms with Crippen LogP contribution >= 0.6 is 12.4 Å². The average Bonchev–Trinajstić information content (AvgIpc) is 3.05. The number of amides is 2. The molecule has 2 unspecified atom stereocenters. The highest BCUT2D eigenvalue weighted by atomic mass is 35.5. The third-order valence-electron chi connectivity index (χ3n) is 6.57. The molecular weight excluding hydrogens is 402 g/mol. The van der Waals surface area contributed by atoms with Crippen molar-refractivity contribution in [2.45, 2.75) is 64.5 Å². The van der Waals surface area contributed by atoms with E-state index < -0.39 is 0 Å². The topological polar surface area (TPSA) is 61.9 Å². The molecule has 6 nitrogen and oxygen atoms in total. The Balaban J connectivity index is 0.00000256. The molecule has 0 aliphatic carbocycles. The van der Waals surface area contributed by atoms with Crippen molar-refractivity contribution >= 4 is 24.2 Å². The number of likely N-dealkylation sites (tertiary alicyclic amines) is 2. The van der Waals surface area contributed by atoms with Crippen LogP contribution in [0.2, 0.25) is 0 Å². The Labute approximate surface area is 185 Å². The van der Waals surface area contributed by atoms with Crippen molar-refractivity contribution in [2.24, 2.45) is 0 Å². The largest absolute Gasteiger partial charge is 0.483 e. The molecule has 3 fully saturated rings. The number of carbonyl (C=O) groups is 2. The molecule has 2 amide bonds. The van der Waals surface area contributed by atoms with Crippen molar-refractivity contribution in [3.8, 4) is 5.75 Å². The molecule has 2 bridgehead atoms. The smallest absolute Gasteiger partial charge is 0.260 e. The molecule has 0 radical (unpaired) electrons. The summed E-state index contributed by atoms with van der Waals surface area (Å²) in [6.45, 7) is 7.24. The fourth-order valence-electron chi connectivity index (χ4n) is 4.98. The fourth-order valence-corrected chi connectivity index (χ4v) is 4.98. The van der Waals surface area contributed by atoms with E-state index in [1.54, 1.807) is 0 Å². The van der Waals surface area contributed by atoms with E-state index in [-0.39, 0.29) is 30.8 Å². The van der Waals surface area contributed by atoms with Crippen LogP contribution in [0.4, 0.5) is 0 Å². The lowest BCUT2D eigenvalue weighted by molar-refractivity contribution is -0.134. The minimum absolute atomic E-state index is 0. The first-order chi connectivity index (χ1) is 14.0. The Morgan fingerprint density at radius 2 is 1.63 bits per heavy atom. The molecule has 1 aromatic rings. The lowest BCUT2D eigenvalue weighted by Gasteiger charge is -2.27. The number of nitrogens with one attached hydrogen (secondary N) is 1. The summed E-state index contributed by atoms with van der Waals surface area (Å²) in [5.74, 6) is 0.876. The Morgan fingerprint density at radius 3 is 2.33 bits per heavy atom. The lowest BCUT2D eigenvalue weighted by Crippen LogP contribution is -2.39. The minimum Gasteiger partial charge on any atom is -0.483 e. The van der Waals surface area contributed by atoms with Gasteiger partial charge in [0.2, 0.25) is 0 Å². The molecule has 1 N–H and O–H groups in total. The summed E-state index contributed by atoms with van der Waals surface area (Å²) in [6, 6.07) is 4.81. The lowest BCUT2D eigenvalue weighted by atomic mass is 10.0. The van der Waals surface area contributed by atoms with Crippen LogP contribution in [0.15, 0.2) is 12.1 Å². The molecule has 2 atom stereocenters. The molecule has 0 saturated carbocycles. The molecule has 1 aromatic carbocycles. The molecule has 0 spiro atoms. The van der Waals surface area contributed by atoms with E-state index in [1.165, 1.54) is 12.8 Å². The second-order valence-electron chi connectivity index (χ2n) is 8.85. The van der Waals surface area contributed by atoms with Crippen LogP contribution in [0.3, 0.4) is 0 Å². The highest BCUT2D eigenvalue weighted by Gasteiger charge is 2.31. The first-order valence-electron chi connectivity index (χ1n) is 11.1. The number of rotatable bonds is 4. The third-order valence-corrected chi connectivity index (χ3v) is 6.57. The molecule has 4 rings (SSSR count). The molecule has 3 aliphatic heterocycles. The second-order valence-corrected chi connectivity index (χ2v) is 8.85. The third kappa shape index (κ3) is 5.09. The van der Waals surface area contributed by atoms with E-state index in [2.05, 4.69) is 5.32 Å². The van der Waals surface area contributed by atoms with Gasteiger partial charge < -0.3 is 19.9 Å². The first kappa shape index (κ1) is 22.9. The Hall–Kier alpha value is -1.79. The van der Waals surface area contributed by atoms with Gasteiger partial charge >= 0.3 is 0 Å². The maximum atomic E-state index is 13.1. The van der Waals surface area contributed by atoms with Gasteiger partial charge in [-0.1, -0.05) is 0 Å². The number of hydrogen-bond acceptors (Lipinski definition) is 4. The number of fused-ring (bicyclic) bond motifs is 2. The predicted molar refractivity (Wildman–Crippen MR) is 120 cm³/mol. The van der Waals surface area contributed by atoms with Gasteiger partial charge in [0.25, 0.3) is 11.8 Å². The number of benzene rings is 1. The van der Waals surface area contributed by atoms with Crippen molar-refractivity contribution in [1.29, 1.82) is 0 Å². The van der Waals surface area contributed by atoms with E-state index in [9.17, 15) is 9.59 Å². The number of ether oxygens (including phenoxy) is 1. The number of halogens is 1. The highest BCUT2D eigenvalue weighted by molar-refractivity contribution is 5.95.